The van der Waals surface area contributed by atoms with Crippen molar-refractivity contribution >= 4 is 41.4 Å². The Hall–Kier alpha value is -6.33. The third-order valence-electron chi connectivity index (χ3n) is 12.3. The maximum atomic E-state index is 15.3. The van der Waals surface area contributed by atoms with E-state index >= 15 is 4.39 Å². The number of nitrogens with two attached hydrogens (primary N) is 1. The monoisotopic (exact) mass is 1040 g/mol. The van der Waals surface area contributed by atoms with Crippen molar-refractivity contribution < 1.29 is 66.8 Å². The lowest BCUT2D eigenvalue weighted by atomic mass is 9.82. The van der Waals surface area contributed by atoms with E-state index in [2.05, 4.69) is 21.3 Å². The number of aliphatic hydroxyl groups is 1. The van der Waals surface area contributed by atoms with Crippen molar-refractivity contribution in [3.8, 4) is 11.1 Å². The van der Waals surface area contributed by atoms with Gasteiger partial charge in [0.15, 0.2) is 0 Å². The van der Waals surface area contributed by atoms with E-state index in [1.165, 1.54) is 16.8 Å². The summed E-state index contributed by atoms with van der Waals surface area (Å²) in [7, 11) is 1.36. The Morgan fingerprint density at radius 3 is 2.14 bits per heavy atom. The fraction of sp³-hybridized carbons (Fsp3) is 0.558. The van der Waals surface area contributed by atoms with Gasteiger partial charge in [0, 0.05) is 62.7 Å². The van der Waals surface area contributed by atoms with Gasteiger partial charge < -0.3 is 65.8 Å². The topological polar surface area (TPSA) is 273 Å². The zero-order valence-corrected chi connectivity index (χ0v) is 43.2. The molecule has 0 radical (unpaired) electrons. The molecule has 4 rings (SSSR count). The predicted molar refractivity (Wildman–Crippen MR) is 269 cm³/mol. The van der Waals surface area contributed by atoms with Crippen molar-refractivity contribution in [1.29, 1.82) is 0 Å². The van der Waals surface area contributed by atoms with Gasteiger partial charge in [-0.1, -0.05) is 65.0 Å². The summed E-state index contributed by atoms with van der Waals surface area (Å²) in [6.07, 6.45) is 1.08. The third-order valence-corrected chi connectivity index (χ3v) is 12.3. The van der Waals surface area contributed by atoms with Crippen molar-refractivity contribution in [3.05, 3.63) is 83.7 Å². The lowest BCUT2D eigenvalue weighted by Gasteiger charge is -2.41. The largest absolute Gasteiger partial charge is 0.481 e. The number of aromatic nitrogens is 1. The molecular formula is C52H74F2N8O12. The van der Waals surface area contributed by atoms with Gasteiger partial charge in [-0.3, -0.25) is 33.6 Å². The van der Waals surface area contributed by atoms with E-state index in [0.717, 1.165) is 23.8 Å². The van der Waals surface area contributed by atoms with Crippen molar-refractivity contribution in [2.75, 3.05) is 72.9 Å². The fourth-order valence-electron chi connectivity index (χ4n) is 8.79. The van der Waals surface area contributed by atoms with E-state index in [1.807, 2.05) is 55.7 Å². The van der Waals surface area contributed by atoms with Crippen LogP contribution in [0.15, 0.2) is 60.8 Å². The molecule has 408 valence electrons. The number of nitrogens with one attached hydrogen (secondary N) is 4. The first-order chi connectivity index (χ1) is 35.2. The standard InChI is InChI=1S/C52H74F2N8O12/c1-33(2)46(59-49(69)41-13-10-19-61(41)51(71)40(29-45(66)67)57-43(64)17-21-72-23-25-74-26-24-73-22-18-55)50(70)58-39(48(68)56-6)16-20-62(44(65)32-63)47(52(3,4)5)42-27-35(37-28-36(53)14-15-38(37)54)31-60(42)30-34-11-8-7-9-12-34/h7-9,11-12,14-15,27-28,31,33,39-41,46-47,63H,10,13,16-26,29-30,32,55H2,1-6H3,(H,56,68)(H,57,64)(H,58,70)(H,59,69)(H,66,67)/t39-,40?,41-,46-,47-/m0/s1. The molecule has 1 fully saturated rings. The number of nitrogens with zero attached hydrogens (tertiary/aromatic N) is 3. The maximum Gasteiger partial charge on any atom is 0.305 e. The number of ether oxygens (including phenoxy) is 3. The highest BCUT2D eigenvalue weighted by atomic mass is 19.1. The number of aliphatic carboxylic acids is 1. The number of aliphatic hydroxyl groups excluding tert-OH is 1. The zero-order chi connectivity index (χ0) is 54.5. The molecule has 1 aliphatic rings. The SMILES string of the molecule is CNC(=O)[C@H](CCN(C(=O)CO)[C@@H](c1cc(-c2cc(F)ccc2F)cn1Cc1ccccc1)C(C)(C)C)NC(=O)[C@@H](NC(=O)[C@@H]1CCCN1C(=O)C(CC(=O)O)NC(=O)CCOCCOCCOCCN)C(C)C. The molecule has 22 heteroatoms. The van der Waals surface area contributed by atoms with Crippen LogP contribution in [0.2, 0.25) is 0 Å². The second-order valence-corrected chi connectivity index (χ2v) is 19.4. The first kappa shape index (κ1) is 60.2. The van der Waals surface area contributed by atoms with Crippen LogP contribution in [-0.4, -0.2) is 163 Å². The molecule has 1 aromatic heterocycles. The molecule has 1 aliphatic heterocycles. The summed E-state index contributed by atoms with van der Waals surface area (Å²) in [4.78, 5) is 96.8. The Balaban J connectivity index is 1.51. The molecule has 2 heterocycles. The molecule has 0 spiro atoms. The number of likely N-dealkylation sites (tertiary alicyclic amines) is 1. The second-order valence-electron chi connectivity index (χ2n) is 19.4. The number of carboxylic acids is 1. The number of carbonyl (C=O) groups is 7. The number of amides is 6. The highest BCUT2D eigenvalue weighted by Gasteiger charge is 2.41. The average molecular weight is 1040 g/mol. The van der Waals surface area contributed by atoms with Crippen molar-refractivity contribution in [3.63, 3.8) is 0 Å². The number of hydrogen-bond acceptors (Lipinski definition) is 12. The van der Waals surface area contributed by atoms with E-state index in [1.54, 1.807) is 26.1 Å². The first-order valence-electron chi connectivity index (χ1n) is 24.9. The van der Waals surface area contributed by atoms with E-state index in [-0.39, 0.29) is 64.3 Å². The summed E-state index contributed by atoms with van der Waals surface area (Å²) in [5.74, 6) is -7.50. The van der Waals surface area contributed by atoms with Gasteiger partial charge in [-0.2, -0.15) is 0 Å². The molecular weight excluding hydrogens is 967 g/mol. The van der Waals surface area contributed by atoms with Crippen LogP contribution >= 0.6 is 0 Å². The summed E-state index contributed by atoms with van der Waals surface area (Å²) in [6.45, 7) is 10.1. The Morgan fingerprint density at radius 1 is 0.865 bits per heavy atom. The normalized spacial score (nSPS) is 15.2. The maximum absolute atomic E-state index is 15.3. The van der Waals surface area contributed by atoms with Crippen LogP contribution in [0.4, 0.5) is 8.78 Å². The number of likely N-dealkylation sites (N-methyl/N-ethyl adjacent to an activating group) is 1. The highest BCUT2D eigenvalue weighted by molar-refractivity contribution is 5.97. The molecule has 6 amide bonds. The summed E-state index contributed by atoms with van der Waals surface area (Å²) in [6, 6.07) is 8.13. The first-order valence-corrected chi connectivity index (χ1v) is 24.9. The minimum absolute atomic E-state index is 0.00358. The number of rotatable bonds is 30. The highest BCUT2D eigenvalue weighted by Crippen LogP contribution is 2.41. The smallest absolute Gasteiger partial charge is 0.305 e. The van der Waals surface area contributed by atoms with E-state index in [4.69, 9.17) is 19.9 Å². The minimum Gasteiger partial charge on any atom is -0.481 e. The van der Waals surface area contributed by atoms with E-state index in [0.29, 0.717) is 44.0 Å². The number of halogens is 2. The molecule has 1 saturated heterocycles. The third kappa shape index (κ3) is 18.0. The summed E-state index contributed by atoms with van der Waals surface area (Å²) >= 11 is 0. The average Bonchev–Trinajstić information content (AvgIpc) is 4.02. The van der Waals surface area contributed by atoms with Crippen LogP contribution in [0.25, 0.3) is 11.1 Å². The predicted octanol–water partition coefficient (Wildman–Crippen LogP) is 2.50. The quantitative estimate of drug-likeness (QED) is 0.0474. The summed E-state index contributed by atoms with van der Waals surface area (Å²) in [5, 5.41) is 30.5. The molecule has 0 aliphatic carbocycles. The summed E-state index contributed by atoms with van der Waals surface area (Å²) in [5.41, 5.74) is 6.31. The van der Waals surface area contributed by atoms with Gasteiger partial charge in [0.2, 0.25) is 35.4 Å². The number of hydrogen-bond donors (Lipinski definition) is 7. The lowest BCUT2D eigenvalue weighted by Crippen LogP contribution is -2.59. The lowest BCUT2D eigenvalue weighted by molar-refractivity contribution is -0.146. The van der Waals surface area contributed by atoms with Crippen LogP contribution in [0.1, 0.15) is 84.0 Å². The van der Waals surface area contributed by atoms with Crippen LogP contribution < -0.4 is 27.0 Å². The van der Waals surface area contributed by atoms with Crippen LogP contribution in [0, 0.1) is 23.0 Å². The molecule has 0 bridgehead atoms. The van der Waals surface area contributed by atoms with Gasteiger partial charge in [-0.25, -0.2) is 8.78 Å². The van der Waals surface area contributed by atoms with E-state index < -0.39 is 108 Å². The van der Waals surface area contributed by atoms with E-state index in [9.17, 15) is 48.2 Å². The van der Waals surface area contributed by atoms with Gasteiger partial charge in [-0.15, -0.1) is 0 Å². The Labute approximate surface area is 431 Å². The fourth-order valence-corrected chi connectivity index (χ4v) is 8.79. The molecule has 20 nitrogen and oxygen atoms in total. The molecule has 5 atom stereocenters. The number of carbonyl (C=O) groups excluding carboxylic acids is 6. The molecule has 8 N–H and O–H groups in total. The van der Waals surface area contributed by atoms with Gasteiger partial charge in [-0.05, 0) is 60.4 Å². The van der Waals surface area contributed by atoms with Gasteiger partial charge >= 0.3 is 5.97 Å². The van der Waals surface area contributed by atoms with Crippen LogP contribution in [-0.2, 0) is 54.3 Å². The Morgan fingerprint density at radius 2 is 1.53 bits per heavy atom. The Bertz CT molecular complexity index is 2350. The number of benzene rings is 2. The second kappa shape index (κ2) is 29.5. The minimum atomic E-state index is -1.51. The Kier molecular flexibility index (Phi) is 24.0. The van der Waals surface area contributed by atoms with Crippen molar-refractivity contribution in [2.24, 2.45) is 17.1 Å². The molecule has 3 aromatic rings. The van der Waals surface area contributed by atoms with Crippen LogP contribution in [0.3, 0.4) is 0 Å². The zero-order valence-electron chi connectivity index (χ0n) is 43.2. The summed E-state index contributed by atoms with van der Waals surface area (Å²) < 4.78 is 47.7. The van der Waals surface area contributed by atoms with Gasteiger partial charge in [0.1, 0.15) is 42.4 Å². The molecule has 0 saturated carbocycles. The molecule has 74 heavy (non-hydrogen) atoms. The van der Waals surface area contributed by atoms with Gasteiger partial charge in [0.25, 0.3) is 0 Å². The van der Waals surface area contributed by atoms with Crippen LogP contribution in [0.5, 0.6) is 0 Å². The van der Waals surface area contributed by atoms with Crippen molar-refractivity contribution in [1.82, 2.24) is 35.6 Å². The van der Waals surface area contributed by atoms with Gasteiger partial charge in [0.05, 0.1) is 52.1 Å². The number of carboxylic acid groups (broad SMARTS) is 1. The molecule has 2 aromatic carbocycles. The van der Waals surface area contributed by atoms with Crippen molar-refractivity contribution in [2.45, 2.75) is 103 Å². The molecule has 1 unspecified atom stereocenters.